The summed E-state index contributed by atoms with van der Waals surface area (Å²) in [5.41, 5.74) is 10.2. The molecule has 0 saturated carbocycles. The second kappa shape index (κ2) is 7.30. The minimum atomic E-state index is 0.574. The fourth-order valence-corrected chi connectivity index (χ4v) is 4.05. The highest BCUT2D eigenvalue weighted by Crippen LogP contribution is 2.34. The van der Waals surface area contributed by atoms with Crippen molar-refractivity contribution >= 4 is 23.1 Å². The van der Waals surface area contributed by atoms with Crippen LogP contribution in [-0.4, -0.2) is 10.7 Å². The number of nitrogens with zero attached hydrogens (tertiary/aromatic N) is 1. The van der Waals surface area contributed by atoms with Crippen LogP contribution in [0.5, 0.6) is 0 Å². The highest BCUT2D eigenvalue weighted by molar-refractivity contribution is 7.99. The van der Waals surface area contributed by atoms with Gasteiger partial charge < -0.3 is 5.73 Å². The molecule has 0 aliphatic carbocycles. The van der Waals surface area contributed by atoms with Crippen LogP contribution in [0.1, 0.15) is 17.4 Å². The van der Waals surface area contributed by atoms with E-state index in [-0.39, 0.29) is 0 Å². The van der Waals surface area contributed by atoms with E-state index in [0.29, 0.717) is 6.54 Å². The molecule has 0 saturated heterocycles. The highest BCUT2D eigenvalue weighted by Gasteiger charge is 2.11. The predicted molar refractivity (Wildman–Crippen MR) is 102 cm³/mol. The highest BCUT2D eigenvalue weighted by atomic mass is 32.2. The van der Waals surface area contributed by atoms with Gasteiger partial charge in [-0.25, -0.2) is 4.98 Å². The molecule has 2 aromatic carbocycles. The van der Waals surface area contributed by atoms with E-state index in [4.69, 9.17) is 10.7 Å². The molecule has 0 amide bonds. The summed E-state index contributed by atoms with van der Waals surface area (Å²) in [6.07, 6.45) is 0. The maximum atomic E-state index is 5.66. The summed E-state index contributed by atoms with van der Waals surface area (Å²) in [6.45, 7) is 4.88. The van der Waals surface area contributed by atoms with Crippen molar-refractivity contribution in [1.82, 2.24) is 4.98 Å². The van der Waals surface area contributed by atoms with Crippen molar-refractivity contribution < 1.29 is 0 Å². The SMILES string of the molecule is CCSc1ccc(-c2nc(-c3ccc(CN)cc3)sc2C)cc1. The second-order valence-electron chi connectivity index (χ2n) is 5.28. The lowest BCUT2D eigenvalue weighted by atomic mass is 10.1. The molecule has 0 fully saturated rings. The van der Waals surface area contributed by atoms with Gasteiger partial charge in [-0.05, 0) is 30.4 Å². The molecule has 118 valence electrons. The van der Waals surface area contributed by atoms with Gasteiger partial charge in [0, 0.05) is 27.4 Å². The predicted octanol–water partition coefficient (Wildman–Crippen LogP) is 5.36. The lowest BCUT2D eigenvalue weighted by molar-refractivity contribution is 1.07. The molecule has 2 N–H and O–H groups in total. The van der Waals surface area contributed by atoms with E-state index in [1.54, 1.807) is 11.3 Å². The van der Waals surface area contributed by atoms with Gasteiger partial charge in [0.2, 0.25) is 0 Å². The number of aryl methyl sites for hydroxylation is 1. The van der Waals surface area contributed by atoms with Crippen LogP contribution in [0.15, 0.2) is 53.4 Å². The van der Waals surface area contributed by atoms with Crippen LogP contribution in [0.25, 0.3) is 21.8 Å². The minimum absolute atomic E-state index is 0.574. The summed E-state index contributed by atoms with van der Waals surface area (Å²) in [4.78, 5) is 7.42. The molecule has 23 heavy (non-hydrogen) atoms. The standard InChI is InChI=1S/C19H20N2S2/c1-3-22-17-10-8-15(9-11-17)18-13(2)23-19(21-18)16-6-4-14(12-20)5-7-16/h4-11H,3,12,20H2,1-2H3. The topological polar surface area (TPSA) is 38.9 Å². The molecule has 0 radical (unpaired) electrons. The number of thiazole rings is 1. The molecule has 3 rings (SSSR count). The number of rotatable bonds is 5. The van der Waals surface area contributed by atoms with Crippen molar-refractivity contribution in [1.29, 1.82) is 0 Å². The van der Waals surface area contributed by atoms with Crippen molar-refractivity contribution in [2.24, 2.45) is 5.73 Å². The summed E-state index contributed by atoms with van der Waals surface area (Å²) in [5, 5.41) is 1.06. The molecule has 1 aromatic heterocycles. The van der Waals surface area contributed by atoms with Crippen LogP contribution in [0.3, 0.4) is 0 Å². The largest absolute Gasteiger partial charge is 0.326 e. The van der Waals surface area contributed by atoms with Gasteiger partial charge in [0.25, 0.3) is 0 Å². The Kier molecular flexibility index (Phi) is 5.16. The Labute approximate surface area is 145 Å². The summed E-state index contributed by atoms with van der Waals surface area (Å²) >= 11 is 3.60. The normalized spacial score (nSPS) is 10.9. The Morgan fingerprint density at radius 2 is 1.65 bits per heavy atom. The molecule has 0 aliphatic rings. The Hall–Kier alpha value is -1.62. The van der Waals surface area contributed by atoms with E-state index < -0.39 is 0 Å². The average Bonchev–Trinajstić information content (AvgIpc) is 2.98. The number of hydrogen-bond donors (Lipinski definition) is 1. The molecule has 0 atom stereocenters. The first-order valence-corrected chi connectivity index (χ1v) is 9.51. The van der Waals surface area contributed by atoms with E-state index in [1.165, 1.54) is 15.3 Å². The van der Waals surface area contributed by atoms with Gasteiger partial charge >= 0.3 is 0 Å². The first-order valence-electron chi connectivity index (χ1n) is 7.71. The first kappa shape index (κ1) is 16.2. The molecule has 4 heteroatoms. The number of benzene rings is 2. The van der Waals surface area contributed by atoms with Crippen LogP contribution < -0.4 is 5.73 Å². The van der Waals surface area contributed by atoms with Gasteiger partial charge in [-0.3, -0.25) is 0 Å². The number of aromatic nitrogens is 1. The van der Waals surface area contributed by atoms with Gasteiger partial charge in [0.05, 0.1) is 5.69 Å². The van der Waals surface area contributed by atoms with Crippen molar-refractivity contribution in [2.75, 3.05) is 5.75 Å². The van der Waals surface area contributed by atoms with Gasteiger partial charge in [0.1, 0.15) is 5.01 Å². The average molecular weight is 341 g/mol. The summed E-state index contributed by atoms with van der Waals surface area (Å²) in [5.74, 6) is 1.10. The molecule has 1 heterocycles. The van der Waals surface area contributed by atoms with Crippen molar-refractivity contribution in [3.63, 3.8) is 0 Å². The second-order valence-corrected chi connectivity index (χ2v) is 7.82. The van der Waals surface area contributed by atoms with E-state index >= 15 is 0 Å². The van der Waals surface area contributed by atoms with Crippen molar-refractivity contribution in [3.05, 3.63) is 59.0 Å². The lowest BCUT2D eigenvalue weighted by Gasteiger charge is -2.02. The monoisotopic (exact) mass is 340 g/mol. The van der Waals surface area contributed by atoms with Gasteiger partial charge in [-0.1, -0.05) is 43.3 Å². The summed E-state index contributed by atoms with van der Waals surface area (Å²) in [7, 11) is 0. The number of hydrogen-bond acceptors (Lipinski definition) is 4. The van der Waals surface area contributed by atoms with Crippen LogP contribution in [0, 0.1) is 6.92 Å². The lowest BCUT2D eigenvalue weighted by Crippen LogP contribution is -1.95. The Morgan fingerprint density at radius 1 is 1.00 bits per heavy atom. The summed E-state index contributed by atoms with van der Waals surface area (Å²) in [6, 6.07) is 17.0. The van der Waals surface area contributed by atoms with Crippen LogP contribution in [0.4, 0.5) is 0 Å². The number of thioether (sulfide) groups is 1. The maximum absolute atomic E-state index is 5.66. The van der Waals surface area contributed by atoms with Crippen molar-refractivity contribution in [2.45, 2.75) is 25.3 Å². The zero-order chi connectivity index (χ0) is 16.2. The van der Waals surface area contributed by atoms with E-state index in [2.05, 4.69) is 62.4 Å². The van der Waals surface area contributed by atoms with E-state index in [0.717, 1.165) is 27.6 Å². The van der Waals surface area contributed by atoms with Crippen LogP contribution >= 0.6 is 23.1 Å². The fraction of sp³-hybridized carbons (Fsp3) is 0.211. The third-order valence-electron chi connectivity index (χ3n) is 3.67. The smallest absolute Gasteiger partial charge is 0.124 e. The quantitative estimate of drug-likeness (QED) is 0.636. The molecular formula is C19H20N2S2. The third-order valence-corrected chi connectivity index (χ3v) is 5.59. The number of nitrogens with two attached hydrogens (primary N) is 1. The first-order chi connectivity index (χ1) is 11.2. The Morgan fingerprint density at radius 3 is 2.26 bits per heavy atom. The third kappa shape index (κ3) is 3.66. The molecule has 0 unspecified atom stereocenters. The molecule has 2 nitrogen and oxygen atoms in total. The van der Waals surface area contributed by atoms with Crippen molar-refractivity contribution in [3.8, 4) is 21.8 Å². The van der Waals surface area contributed by atoms with Gasteiger partial charge in [0.15, 0.2) is 0 Å². The maximum Gasteiger partial charge on any atom is 0.124 e. The Balaban J connectivity index is 1.90. The van der Waals surface area contributed by atoms with Gasteiger partial charge in [-0.15, -0.1) is 23.1 Å². The van der Waals surface area contributed by atoms with Gasteiger partial charge in [-0.2, -0.15) is 0 Å². The van der Waals surface area contributed by atoms with E-state index in [9.17, 15) is 0 Å². The van der Waals surface area contributed by atoms with Crippen LogP contribution in [0.2, 0.25) is 0 Å². The molecule has 0 bridgehead atoms. The zero-order valence-corrected chi connectivity index (χ0v) is 15.0. The zero-order valence-electron chi connectivity index (χ0n) is 13.4. The molecule has 3 aromatic rings. The minimum Gasteiger partial charge on any atom is -0.326 e. The Bertz CT molecular complexity index is 774. The molecular weight excluding hydrogens is 320 g/mol. The molecule has 0 spiro atoms. The van der Waals surface area contributed by atoms with E-state index in [1.807, 2.05) is 11.8 Å². The molecule has 0 aliphatic heterocycles. The van der Waals surface area contributed by atoms with Crippen LogP contribution in [-0.2, 0) is 6.54 Å². The summed E-state index contributed by atoms with van der Waals surface area (Å²) < 4.78 is 0. The fourth-order valence-electron chi connectivity index (χ4n) is 2.45.